The molecule has 0 fully saturated rings. The third-order valence-corrected chi connectivity index (χ3v) is 5.06. The van der Waals surface area contributed by atoms with Crippen LogP contribution in [0.3, 0.4) is 0 Å². The molecule has 3 aromatic carbocycles. The molecule has 31 heavy (non-hydrogen) atoms. The maximum absolute atomic E-state index is 13.8. The third kappa shape index (κ3) is 6.48. The van der Waals surface area contributed by atoms with Gasteiger partial charge in [-0.05, 0) is 64.0 Å². The van der Waals surface area contributed by atoms with Crippen LogP contribution >= 0.6 is 22.6 Å². The Balaban J connectivity index is 1.64. The van der Waals surface area contributed by atoms with E-state index in [1.165, 1.54) is 31.5 Å². The van der Waals surface area contributed by atoms with Crippen molar-refractivity contribution in [1.82, 2.24) is 5.43 Å². The highest BCUT2D eigenvalue weighted by Crippen LogP contribution is 2.34. The largest absolute Gasteiger partial charge is 0.493 e. The first kappa shape index (κ1) is 22.7. The zero-order chi connectivity index (χ0) is 22.2. The lowest BCUT2D eigenvalue weighted by molar-refractivity contribution is -0.120. The fraction of sp³-hybridized carbons (Fsp3) is 0.130. The van der Waals surface area contributed by atoms with E-state index in [-0.39, 0.29) is 30.6 Å². The van der Waals surface area contributed by atoms with Crippen LogP contribution in [0.2, 0.25) is 0 Å². The van der Waals surface area contributed by atoms with Crippen LogP contribution in [0.25, 0.3) is 0 Å². The molecule has 0 aliphatic carbocycles. The number of benzene rings is 3. The van der Waals surface area contributed by atoms with Crippen LogP contribution in [0, 0.1) is 15.2 Å². The van der Waals surface area contributed by atoms with Crippen LogP contribution in [-0.2, 0) is 17.8 Å². The molecule has 0 spiro atoms. The first-order valence-electron chi connectivity index (χ1n) is 9.26. The van der Waals surface area contributed by atoms with Crippen molar-refractivity contribution >= 4 is 34.7 Å². The molecule has 5 nitrogen and oxygen atoms in total. The first-order chi connectivity index (χ1) is 15.0. The fourth-order valence-corrected chi connectivity index (χ4v) is 3.51. The molecule has 0 aliphatic heterocycles. The normalized spacial score (nSPS) is 10.8. The lowest BCUT2D eigenvalue weighted by atomic mass is 10.1. The van der Waals surface area contributed by atoms with Crippen molar-refractivity contribution in [1.29, 1.82) is 0 Å². The molecule has 0 unspecified atom stereocenters. The Morgan fingerprint density at radius 3 is 2.58 bits per heavy atom. The van der Waals surface area contributed by atoms with Gasteiger partial charge in [-0.15, -0.1) is 0 Å². The summed E-state index contributed by atoms with van der Waals surface area (Å²) in [6.45, 7) is 0.0614. The summed E-state index contributed by atoms with van der Waals surface area (Å²) in [5.74, 6) is -0.0656. The van der Waals surface area contributed by atoms with Gasteiger partial charge in [0.1, 0.15) is 18.2 Å². The molecule has 0 heterocycles. The maximum atomic E-state index is 13.8. The number of hydrogen-bond donors (Lipinski definition) is 1. The maximum Gasteiger partial charge on any atom is 0.244 e. The van der Waals surface area contributed by atoms with Crippen LogP contribution in [0.1, 0.15) is 16.7 Å². The lowest BCUT2D eigenvalue weighted by Crippen LogP contribution is -2.19. The van der Waals surface area contributed by atoms with Crippen molar-refractivity contribution in [3.05, 3.63) is 92.6 Å². The minimum Gasteiger partial charge on any atom is -0.493 e. The van der Waals surface area contributed by atoms with Crippen LogP contribution in [-0.4, -0.2) is 19.2 Å². The molecular formula is C23H19F2IN2O3. The Hall–Kier alpha value is -3.01. The molecule has 0 aliphatic rings. The van der Waals surface area contributed by atoms with Crippen molar-refractivity contribution in [3.8, 4) is 11.5 Å². The first-order valence-corrected chi connectivity index (χ1v) is 10.3. The van der Waals surface area contributed by atoms with Gasteiger partial charge in [0.05, 0.1) is 23.3 Å². The average molecular weight is 536 g/mol. The molecule has 0 aromatic heterocycles. The molecular weight excluding hydrogens is 517 g/mol. The number of methoxy groups -OCH3 is 1. The third-order valence-electron chi connectivity index (χ3n) is 4.26. The predicted octanol–water partition coefficient (Wildman–Crippen LogP) is 4.85. The number of amides is 1. The molecule has 0 atom stereocenters. The second-order valence-corrected chi connectivity index (χ2v) is 7.67. The molecule has 3 rings (SSSR count). The van der Waals surface area contributed by atoms with Gasteiger partial charge >= 0.3 is 0 Å². The number of ether oxygens (including phenoxy) is 2. The number of carbonyl (C=O) groups is 1. The van der Waals surface area contributed by atoms with E-state index in [4.69, 9.17) is 9.47 Å². The number of hydrogen-bond acceptors (Lipinski definition) is 4. The fourth-order valence-electron chi connectivity index (χ4n) is 2.73. The summed E-state index contributed by atoms with van der Waals surface area (Å²) < 4.78 is 38.7. The summed E-state index contributed by atoms with van der Waals surface area (Å²) in [5.41, 5.74) is 4.24. The second kappa shape index (κ2) is 10.9. The molecule has 0 saturated heterocycles. The number of nitrogens with one attached hydrogen (secondary N) is 1. The molecule has 0 radical (unpaired) electrons. The van der Waals surface area contributed by atoms with E-state index >= 15 is 0 Å². The lowest BCUT2D eigenvalue weighted by Gasteiger charge is -2.14. The van der Waals surface area contributed by atoms with E-state index < -0.39 is 0 Å². The van der Waals surface area contributed by atoms with Crippen molar-refractivity contribution in [2.24, 2.45) is 5.10 Å². The van der Waals surface area contributed by atoms with Crippen molar-refractivity contribution in [3.63, 3.8) is 0 Å². The van der Waals surface area contributed by atoms with Gasteiger partial charge in [0.25, 0.3) is 0 Å². The highest BCUT2D eigenvalue weighted by molar-refractivity contribution is 14.1. The van der Waals surface area contributed by atoms with Crippen LogP contribution in [0.4, 0.5) is 8.78 Å². The SMILES string of the molecule is COc1cc(/C=N/NC(=O)Cc2ccc(F)cc2)cc(I)c1OCc1ccccc1F. The molecule has 8 heteroatoms. The number of hydrazone groups is 1. The van der Waals surface area contributed by atoms with E-state index in [1.807, 2.05) is 0 Å². The molecule has 0 bridgehead atoms. The van der Waals surface area contributed by atoms with E-state index in [0.29, 0.717) is 28.2 Å². The van der Waals surface area contributed by atoms with Crippen molar-refractivity contribution in [2.75, 3.05) is 7.11 Å². The van der Waals surface area contributed by atoms with Crippen LogP contribution in [0.5, 0.6) is 11.5 Å². The summed E-state index contributed by atoms with van der Waals surface area (Å²) in [5, 5.41) is 3.96. The standard InChI is InChI=1S/C23H19F2IN2O3/c1-30-21-11-16(13-27-28-22(29)12-15-6-8-18(24)9-7-15)10-20(26)23(21)31-14-17-4-2-3-5-19(17)25/h2-11,13H,12,14H2,1H3,(H,28,29)/b27-13+. The smallest absolute Gasteiger partial charge is 0.244 e. The summed E-state index contributed by atoms with van der Waals surface area (Å²) in [4.78, 5) is 12.0. The van der Waals surface area contributed by atoms with Gasteiger partial charge in [-0.3, -0.25) is 4.79 Å². The second-order valence-electron chi connectivity index (χ2n) is 6.51. The van der Waals surface area contributed by atoms with Gasteiger partial charge in [-0.2, -0.15) is 5.10 Å². The molecule has 1 N–H and O–H groups in total. The average Bonchev–Trinajstić information content (AvgIpc) is 2.75. The Morgan fingerprint density at radius 2 is 1.87 bits per heavy atom. The van der Waals surface area contributed by atoms with Gasteiger partial charge in [0, 0.05) is 5.56 Å². The predicted molar refractivity (Wildman–Crippen MR) is 122 cm³/mol. The molecule has 160 valence electrons. The quantitative estimate of drug-likeness (QED) is 0.255. The van der Waals surface area contributed by atoms with Crippen LogP contribution in [0.15, 0.2) is 65.8 Å². The number of halogens is 3. The Kier molecular flexibility index (Phi) is 7.94. The molecule has 1 amide bonds. The Labute approximate surface area is 192 Å². The van der Waals surface area contributed by atoms with Gasteiger partial charge in [-0.25, -0.2) is 14.2 Å². The van der Waals surface area contributed by atoms with Crippen molar-refractivity contribution < 1.29 is 23.0 Å². The van der Waals surface area contributed by atoms with Gasteiger partial charge in [-0.1, -0.05) is 30.3 Å². The summed E-state index contributed by atoms with van der Waals surface area (Å²) in [7, 11) is 1.51. The summed E-state index contributed by atoms with van der Waals surface area (Å²) >= 11 is 2.09. The number of carbonyl (C=O) groups excluding carboxylic acids is 1. The molecule has 3 aromatic rings. The van der Waals surface area contributed by atoms with Gasteiger partial charge < -0.3 is 9.47 Å². The summed E-state index contributed by atoms with van der Waals surface area (Å²) in [6, 6.07) is 15.6. The topological polar surface area (TPSA) is 59.9 Å². The Morgan fingerprint density at radius 1 is 1.13 bits per heavy atom. The Bertz CT molecular complexity index is 1090. The van der Waals surface area contributed by atoms with E-state index in [1.54, 1.807) is 42.5 Å². The zero-order valence-corrected chi connectivity index (χ0v) is 18.7. The van der Waals surface area contributed by atoms with E-state index in [9.17, 15) is 13.6 Å². The van der Waals surface area contributed by atoms with Crippen LogP contribution < -0.4 is 14.9 Å². The monoisotopic (exact) mass is 536 g/mol. The minimum absolute atomic E-state index is 0.0614. The van der Waals surface area contributed by atoms with E-state index in [0.717, 1.165) is 3.57 Å². The highest BCUT2D eigenvalue weighted by atomic mass is 127. The zero-order valence-electron chi connectivity index (χ0n) is 16.6. The van der Waals surface area contributed by atoms with Crippen molar-refractivity contribution in [2.45, 2.75) is 13.0 Å². The van der Waals surface area contributed by atoms with E-state index in [2.05, 4.69) is 33.1 Å². The van der Waals surface area contributed by atoms with Gasteiger partial charge in [0.2, 0.25) is 5.91 Å². The number of rotatable bonds is 8. The minimum atomic E-state index is -0.355. The summed E-state index contributed by atoms with van der Waals surface area (Å²) in [6.07, 6.45) is 1.56. The van der Waals surface area contributed by atoms with Gasteiger partial charge in [0.15, 0.2) is 11.5 Å². The highest BCUT2D eigenvalue weighted by Gasteiger charge is 2.12. The number of nitrogens with zero attached hydrogens (tertiary/aromatic N) is 1. The molecule has 0 saturated carbocycles.